The van der Waals surface area contributed by atoms with Gasteiger partial charge in [0.2, 0.25) is 6.79 Å². The van der Waals surface area contributed by atoms with E-state index in [2.05, 4.69) is 15.9 Å². The van der Waals surface area contributed by atoms with Gasteiger partial charge >= 0.3 is 5.97 Å². The Morgan fingerprint density at radius 3 is 2.88 bits per heavy atom. The molecule has 0 spiro atoms. The van der Waals surface area contributed by atoms with Crippen LogP contribution in [0.4, 0.5) is 0 Å². The minimum absolute atomic E-state index is 0.179. The van der Waals surface area contributed by atoms with E-state index in [0.717, 1.165) is 15.6 Å². The maximum atomic E-state index is 11.0. The number of hydrogen-bond acceptors (Lipinski definition) is 3. The van der Waals surface area contributed by atoms with Crippen LogP contribution in [0.1, 0.15) is 24.0 Å². The Kier molecular flexibility index (Phi) is 2.80. The smallest absolute Gasteiger partial charge is 0.310 e. The van der Waals surface area contributed by atoms with Crippen molar-refractivity contribution in [3.05, 3.63) is 21.7 Å². The molecule has 0 saturated carbocycles. The summed E-state index contributed by atoms with van der Waals surface area (Å²) in [6, 6.07) is 1.74. The molecule has 5 heteroatoms. The second-order valence-electron chi connectivity index (χ2n) is 3.70. The molecule has 1 heterocycles. The predicted octanol–water partition coefficient (Wildman–Crippen LogP) is 2.67. The fourth-order valence-electron chi connectivity index (χ4n) is 1.70. The third-order valence-corrected chi connectivity index (χ3v) is 3.68. The van der Waals surface area contributed by atoms with Crippen molar-refractivity contribution >= 4 is 21.9 Å². The number of benzene rings is 1. The maximum absolute atomic E-state index is 11.0. The predicted molar refractivity (Wildman–Crippen MR) is 61.1 cm³/mol. The Morgan fingerprint density at radius 1 is 1.56 bits per heavy atom. The summed E-state index contributed by atoms with van der Waals surface area (Å²) in [6.07, 6.45) is 0. The number of carboxylic acid groups (broad SMARTS) is 1. The van der Waals surface area contributed by atoms with E-state index in [1.54, 1.807) is 13.0 Å². The van der Waals surface area contributed by atoms with Gasteiger partial charge in [0.1, 0.15) is 0 Å². The summed E-state index contributed by atoms with van der Waals surface area (Å²) >= 11 is 3.40. The Bertz CT molecular complexity index is 456. The molecule has 0 saturated heterocycles. The summed E-state index contributed by atoms with van der Waals surface area (Å²) < 4.78 is 11.3. The van der Waals surface area contributed by atoms with Crippen LogP contribution >= 0.6 is 15.9 Å². The third kappa shape index (κ3) is 1.65. The first-order valence-corrected chi connectivity index (χ1v) is 5.63. The second kappa shape index (κ2) is 3.97. The molecule has 0 fully saturated rings. The molecule has 0 aliphatic carbocycles. The van der Waals surface area contributed by atoms with Gasteiger partial charge in [0.15, 0.2) is 11.5 Å². The Labute approximate surface area is 101 Å². The number of aliphatic carboxylic acids is 1. The van der Waals surface area contributed by atoms with E-state index in [1.165, 1.54) is 0 Å². The molecule has 2 rings (SSSR count). The number of carboxylic acids is 1. The average Bonchev–Trinajstić information content (AvgIpc) is 2.70. The first-order valence-electron chi connectivity index (χ1n) is 4.83. The van der Waals surface area contributed by atoms with Gasteiger partial charge in [-0.1, -0.05) is 0 Å². The minimum atomic E-state index is -0.853. The van der Waals surface area contributed by atoms with Crippen molar-refractivity contribution in [3.63, 3.8) is 0 Å². The molecule has 0 aromatic heterocycles. The molecule has 1 aliphatic heterocycles. The van der Waals surface area contributed by atoms with Gasteiger partial charge in [-0.3, -0.25) is 4.79 Å². The number of fused-ring (bicyclic) bond motifs is 1. The Hall–Kier alpha value is -1.23. The highest BCUT2D eigenvalue weighted by molar-refractivity contribution is 9.10. The monoisotopic (exact) mass is 286 g/mol. The van der Waals surface area contributed by atoms with Gasteiger partial charge in [-0.05, 0) is 47.0 Å². The molecule has 1 aromatic carbocycles. The van der Waals surface area contributed by atoms with Crippen molar-refractivity contribution in [3.8, 4) is 11.5 Å². The Balaban J connectivity index is 2.56. The molecule has 1 N–H and O–H groups in total. The normalized spacial score (nSPS) is 14.9. The highest BCUT2D eigenvalue weighted by Crippen LogP contribution is 2.44. The van der Waals surface area contributed by atoms with E-state index in [-0.39, 0.29) is 6.79 Å². The van der Waals surface area contributed by atoms with Crippen LogP contribution in [0.15, 0.2) is 10.5 Å². The fraction of sp³-hybridized carbons (Fsp3) is 0.364. The molecule has 0 radical (unpaired) electrons. The van der Waals surface area contributed by atoms with Gasteiger partial charge in [-0.25, -0.2) is 0 Å². The van der Waals surface area contributed by atoms with Crippen molar-refractivity contribution in [2.45, 2.75) is 19.8 Å². The number of carbonyl (C=O) groups is 1. The van der Waals surface area contributed by atoms with Gasteiger partial charge in [0, 0.05) is 0 Å². The van der Waals surface area contributed by atoms with Crippen LogP contribution in [0.2, 0.25) is 0 Å². The summed E-state index contributed by atoms with van der Waals surface area (Å²) in [5, 5.41) is 9.01. The van der Waals surface area contributed by atoms with Gasteiger partial charge in [0.25, 0.3) is 0 Å². The fourth-order valence-corrected chi connectivity index (χ4v) is 2.24. The molecule has 0 amide bonds. The lowest BCUT2D eigenvalue weighted by Gasteiger charge is -2.13. The molecule has 86 valence electrons. The molecule has 16 heavy (non-hydrogen) atoms. The summed E-state index contributed by atoms with van der Waals surface area (Å²) in [5.41, 5.74) is 1.61. The minimum Gasteiger partial charge on any atom is -0.481 e. The molecule has 1 aromatic rings. The second-order valence-corrected chi connectivity index (χ2v) is 4.49. The molecule has 0 bridgehead atoms. The van der Waals surface area contributed by atoms with Crippen molar-refractivity contribution < 1.29 is 19.4 Å². The van der Waals surface area contributed by atoms with E-state index in [0.29, 0.717) is 11.5 Å². The standard InChI is InChI=1S/C11H11BrO4/c1-5-7(6(2)11(13)14)3-8-10(9(5)12)16-4-15-8/h3,6H,4H2,1-2H3,(H,13,14). The van der Waals surface area contributed by atoms with Gasteiger partial charge in [-0.2, -0.15) is 0 Å². The van der Waals surface area contributed by atoms with E-state index in [9.17, 15) is 4.79 Å². The van der Waals surface area contributed by atoms with Crippen LogP contribution in [0.5, 0.6) is 11.5 Å². The lowest BCUT2D eigenvalue weighted by atomic mass is 9.96. The summed E-state index contributed by atoms with van der Waals surface area (Å²) in [4.78, 5) is 11.0. The number of ether oxygens (including phenoxy) is 2. The third-order valence-electron chi connectivity index (χ3n) is 2.73. The van der Waals surface area contributed by atoms with Gasteiger partial charge in [0.05, 0.1) is 10.4 Å². The lowest BCUT2D eigenvalue weighted by Crippen LogP contribution is -2.09. The van der Waals surface area contributed by atoms with E-state index >= 15 is 0 Å². The van der Waals surface area contributed by atoms with Crippen LogP contribution in [0.25, 0.3) is 0 Å². The number of halogens is 1. The van der Waals surface area contributed by atoms with E-state index in [1.807, 2.05) is 6.92 Å². The van der Waals surface area contributed by atoms with Crippen LogP contribution in [0, 0.1) is 6.92 Å². The molecule has 4 nitrogen and oxygen atoms in total. The van der Waals surface area contributed by atoms with Crippen molar-refractivity contribution in [1.29, 1.82) is 0 Å². The summed E-state index contributed by atoms with van der Waals surface area (Å²) in [7, 11) is 0. The SMILES string of the molecule is Cc1c(C(C)C(=O)O)cc2c(c1Br)OCO2. The molecule has 1 aliphatic rings. The van der Waals surface area contributed by atoms with Crippen LogP contribution in [-0.4, -0.2) is 17.9 Å². The first-order chi connectivity index (χ1) is 7.52. The average molecular weight is 287 g/mol. The molecule has 1 unspecified atom stereocenters. The number of rotatable bonds is 2. The van der Waals surface area contributed by atoms with Crippen molar-refractivity contribution in [1.82, 2.24) is 0 Å². The first kappa shape index (κ1) is 11.3. The quantitative estimate of drug-likeness (QED) is 0.908. The van der Waals surface area contributed by atoms with Crippen molar-refractivity contribution in [2.24, 2.45) is 0 Å². The summed E-state index contributed by atoms with van der Waals surface area (Å²) in [6.45, 7) is 3.69. The molecule has 1 atom stereocenters. The van der Waals surface area contributed by atoms with Crippen LogP contribution in [-0.2, 0) is 4.79 Å². The topological polar surface area (TPSA) is 55.8 Å². The maximum Gasteiger partial charge on any atom is 0.310 e. The zero-order chi connectivity index (χ0) is 11.9. The Morgan fingerprint density at radius 2 is 2.25 bits per heavy atom. The highest BCUT2D eigenvalue weighted by atomic mass is 79.9. The number of hydrogen-bond donors (Lipinski definition) is 1. The largest absolute Gasteiger partial charge is 0.481 e. The highest BCUT2D eigenvalue weighted by Gasteiger charge is 2.25. The zero-order valence-corrected chi connectivity index (χ0v) is 10.5. The molecular weight excluding hydrogens is 276 g/mol. The lowest BCUT2D eigenvalue weighted by molar-refractivity contribution is -0.138. The van der Waals surface area contributed by atoms with Gasteiger partial charge in [-0.15, -0.1) is 0 Å². The van der Waals surface area contributed by atoms with E-state index in [4.69, 9.17) is 14.6 Å². The van der Waals surface area contributed by atoms with Crippen LogP contribution < -0.4 is 9.47 Å². The summed E-state index contributed by atoms with van der Waals surface area (Å²) in [5.74, 6) is -0.168. The van der Waals surface area contributed by atoms with Crippen LogP contribution in [0.3, 0.4) is 0 Å². The molecular formula is C11H11BrO4. The van der Waals surface area contributed by atoms with Crippen molar-refractivity contribution in [2.75, 3.05) is 6.79 Å². The van der Waals surface area contributed by atoms with E-state index < -0.39 is 11.9 Å². The van der Waals surface area contributed by atoms with Gasteiger partial charge < -0.3 is 14.6 Å². The zero-order valence-electron chi connectivity index (χ0n) is 8.91.